The Labute approximate surface area is 205 Å². The van der Waals surface area contributed by atoms with E-state index >= 15 is 0 Å². The van der Waals surface area contributed by atoms with Crippen LogP contribution in [0.4, 0.5) is 10.5 Å². The van der Waals surface area contributed by atoms with Crippen LogP contribution in [-0.4, -0.2) is 73.1 Å². The minimum atomic E-state index is -0.287. The summed E-state index contributed by atoms with van der Waals surface area (Å²) in [6.07, 6.45) is 1.10. The maximum atomic E-state index is 12.5. The highest BCUT2D eigenvalue weighted by Crippen LogP contribution is 2.27. The maximum Gasteiger partial charge on any atom is 0.410 e. The molecule has 1 unspecified atom stereocenters. The van der Waals surface area contributed by atoms with Crippen LogP contribution in [0.1, 0.15) is 19.8 Å². The smallest absolute Gasteiger partial charge is 0.410 e. The lowest BCUT2D eigenvalue weighted by Gasteiger charge is -2.37. The van der Waals surface area contributed by atoms with E-state index in [9.17, 15) is 4.79 Å². The Bertz CT molecular complexity index is 979. The molecule has 0 aromatic heterocycles. The zero-order valence-electron chi connectivity index (χ0n) is 19.6. The molecule has 182 valence electrons. The Morgan fingerprint density at radius 3 is 2.50 bits per heavy atom. The second-order valence-corrected chi connectivity index (χ2v) is 8.61. The molecule has 1 atom stereocenters. The lowest BCUT2D eigenvalue weighted by molar-refractivity contribution is 0.0997. The summed E-state index contributed by atoms with van der Waals surface area (Å²) >= 11 is 5.64. The van der Waals surface area contributed by atoms with Crippen LogP contribution in [0.2, 0.25) is 0 Å². The van der Waals surface area contributed by atoms with E-state index in [0.29, 0.717) is 24.9 Å². The summed E-state index contributed by atoms with van der Waals surface area (Å²) < 4.78 is 22.2. The molecule has 0 spiro atoms. The number of nitrogens with one attached hydrogen (secondary N) is 1. The first kappa shape index (κ1) is 23.9. The fourth-order valence-electron chi connectivity index (χ4n) is 4.21. The molecule has 0 aliphatic carbocycles. The molecule has 2 aliphatic heterocycles. The van der Waals surface area contributed by atoms with Crippen LogP contribution in [0.5, 0.6) is 17.2 Å². The van der Waals surface area contributed by atoms with Crippen molar-refractivity contribution in [3.8, 4) is 17.2 Å². The minimum Gasteiger partial charge on any atom is -0.497 e. The number of hydrogen-bond acceptors (Lipinski definition) is 6. The SMILES string of the molecule is CCOc1ccccc1NC(=S)N1CCC(N2CC(COc3ccc(OC)cc3)OC2=O)CC1. The number of benzene rings is 2. The number of carbonyl (C=O) groups excluding carboxylic acids is 1. The van der Waals surface area contributed by atoms with Crippen molar-refractivity contribution in [1.29, 1.82) is 0 Å². The number of cyclic esters (lactones) is 1. The van der Waals surface area contributed by atoms with Gasteiger partial charge >= 0.3 is 6.09 Å². The average molecular weight is 486 g/mol. The van der Waals surface area contributed by atoms with Crippen LogP contribution in [0.25, 0.3) is 0 Å². The second-order valence-electron chi connectivity index (χ2n) is 8.22. The molecular weight excluding hydrogens is 454 g/mol. The van der Waals surface area contributed by atoms with Gasteiger partial charge in [0.25, 0.3) is 0 Å². The molecule has 2 aromatic carbocycles. The van der Waals surface area contributed by atoms with Gasteiger partial charge in [0.05, 0.1) is 25.9 Å². The summed E-state index contributed by atoms with van der Waals surface area (Å²) in [7, 11) is 1.62. The van der Waals surface area contributed by atoms with E-state index in [1.54, 1.807) is 7.11 Å². The molecule has 1 N–H and O–H groups in total. The Hall–Kier alpha value is -3.20. The van der Waals surface area contributed by atoms with Gasteiger partial charge in [-0.2, -0.15) is 0 Å². The van der Waals surface area contributed by atoms with Gasteiger partial charge in [0.15, 0.2) is 11.2 Å². The third-order valence-electron chi connectivity index (χ3n) is 6.02. The Morgan fingerprint density at radius 1 is 1.09 bits per heavy atom. The van der Waals surface area contributed by atoms with Gasteiger partial charge in [-0.05, 0) is 68.4 Å². The van der Waals surface area contributed by atoms with Crippen LogP contribution in [0, 0.1) is 0 Å². The number of carbonyl (C=O) groups is 1. The van der Waals surface area contributed by atoms with Gasteiger partial charge in [-0.3, -0.25) is 0 Å². The van der Waals surface area contributed by atoms with Crippen molar-refractivity contribution in [1.82, 2.24) is 9.80 Å². The fourth-order valence-corrected chi connectivity index (χ4v) is 4.51. The van der Waals surface area contributed by atoms with Crippen LogP contribution in [-0.2, 0) is 4.74 Å². The van der Waals surface area contributed by atoms with Crippen molar-refractivity contribution in [2.24, 2.45) is 0 Å². The number of para-hydroxylation sites is 2. The number of methoxy groups -OCH3 is 1. The van der Waals surface area contributed by atoms with Crippen LogP contribution >= 0.6 is 12.2 Å². The molecule has 9 heteroatoms. The van der Waals surface area contributed by atoms with Crippen molar-refractivity contribution in [3.05, 3.63) is 48.5 Å². The molecule has 1 amide bonds. The van der Waals surface area contributed by atoms with E-state index in [-0.39, 0.29) is 18.2 Å². The molecule has 0 saturated carbocycles. The first-order chi connectivity index (χ1) is 16.6. The first-order valence-electron chi connectivity index (χ1n) is 11.6. The number of nitrogens with zero attached hydrogens (tertiary/aromatic N) is 2. The lowest BCUT2D eigenvalue weighted by atomic mass is 10.0. The van der Waals surface area contributed by atoms with Crippen LogP contribution in [0.3, 0.4) is 0 Å². The highest BCUT2D eigenvalue weighted by atomic mass is 32.1. The number of anilines is 1. The molecule has 0 bridgehead atoms. The van der Waals surface area contributed by atoms with Gasteiger partial charge in [-0.15, -0.1) is 0 Å². The normalized spacial score (nSPS) is 18.4. The zero-order valence-corrected chi connectivity index (χ0v) is 20.4. The molecule has 2 fully saturated rings. The van der Waals surface area contributed by atoms with Gasteiger partial charge in [-0.25, -0.2) is 4.79 Å². The number of likely N-dealkylation sites (tertiary alicyclic amines) is 1. The topological polar surface area (TPSA) is 72.5 Å². The summed E-state index contributed by atoms with van der Waals surface area (Å²) in [5.41, 5.74) is 0.860. The van der Waals surface area contributed by atoms with Gasteiger partial charge in [-0.1, -0.05) is 12.1 Å². The highest BCUT2D eigenvalue weighted by Gasteiger charge is 2.38. The number of hydrogen-bond donors (Lipinski definition) is 1. The number of amides is 1. The van der Waals surface area contributed by atoms with Crippen molar-refractivity contribution < 1.29 is 23.7 Å². The van der Waals surface area contributed by atoms with Crippen LogP contribution < -0.4 is 19.5 Å². The summed E-state index contributed by atoms with van der Waals surface area (Å²) in [5, 5.41) is 3.97. The second kappa shape index (κ2) is 11.3. The average Bonchev–Trinajstić information content (AvgIpc) is 3.25. The van der Waals surface area contributed by atoms with E-state index in [2.05, 4.69) is 10.2 Å². The lowest BCUT2D eigenvalue weighted by Crippen LogP contribution is -2.48. The van der Waals surface area contributed by atoms with Crippen molar-refractivity contribution in [2.45, 2.75) is 31.9 Å². The van der Waals surface area contributed by atoms with E-state index < -0.39 is 0 Å². The van der Waals surface area contributed by atoms with Crippen LogP contribution in [0.15, 0.2) is 48.5 Å². The number of rotatable bonds is 8. The molecule has 2 aromatic rings. The van der Waals surface area contributed by atoms with Gasteiger partial charge in [0, 0.05) is 19.1 Å². The fraction of sp³-hybridized carbons (Fsp3) is 0.440. The van der Waals surface area contributed by atoms with E-state index in [0.717, 1.165) is 48.9 Å². The molecule has 2 saturated heterocycles. The standard InChI is InChI=1S/C25H31N3O5S/c1-3-31-23-7-5-4-6-22(23)26-24(34)27-14-12-18(13-15-27)28-16-21(33-25(28)29)17-32-20-10-8-19(30-2)9-11-20/h4-11,18,21H,3,12-17H2,1-2H3,(H,26,34). The summed E-state index contributed by atoms with van der Waals surface area (Å²) in [5.74, 6) is 2.27. The first-order valence-corrected chi connectivity index (χ1v) is 12.0. The third kappa shape index (κ3) is 5.83. The third-order valence-corrected chi connectivity index (χ3v) is 6.38. The summed E-state index contributed by atoms with van der Waals surface area (Å²) in [4.78, 5) is 16.5. The van der Waals surface area contributed by atoms with E-state index in [4.69, 9.17) is 31.2 Å². The predicted octanol–water partition coefficient (Wildman–Crippen LogP) is 4.15. The summed E-state index contributed by atoms with van der Waals surface area (Å²) in [6, 6.07) is 15.3. The Balaban J connectivity index is 1.24. The van der Waals surface area contributed by atoms with E-state index in [1.165, 1.54) is 0 Å². The van der Waals surface area contributed by atoms with Gasteiger partial charge < -0.3 is 34.1 Å². The number of thiocarbonyl (C=S) groups is 1. The molecule has 2 heterocycles. The number of piperidine rings is 1. The van der Waals surface area contributed by atoms with Crippen molar-refractivity contribution in [2.75, 3.05) is 45.3 Å². The number of ether oxygens (including phenoxy) is 4. The largest absolute Gasteiger partial charge is 0.497 e. The Kier molecular flexibility index (Phi) is 7.95. The van der Waals surface area contributed by atoms with Gasteiger partial charge in [0.1, 0.15) is 23.9 Å². The predicted molar refractivity (Wildman–Crippen MR) is 134 cm³/mol. The molecule has 34 heavy (non-hydrogen) atoms. The molecule has 2 aliphatic rings. The zero-order chi connectivity index (χ0) is 23.9. The Morgan fingerprint density at radius 2 is 1.79 bits per heavy atom. The quantitative estimate of drug-likeness (QED) is 0.559. The minimum absolute atomic E-state index is 0.133. The molecule has 8 nitrogen and oxygen atoms in total. The molecular formula is C25H31N3O5S. The highest BCUT2D eigenvalue weighted by molar-refractivity contribution is 7.80. The van der Waals surface area contributed by atoms with Crippen molar-refractivity contribution >= 4 is 29.1 Å². The molecule has 4 rings (SSSR count). The molecule has 0 radical (unpaired) electrons. The van der Waals surface area contributed by atoms with E-state index in [1.807, 2.05) is 60.4 Å². The van der Waals surface area contributed by atoms with Crippen molar-refractivity contribution in [3.63, 3.8) is 0 Å². The summed E-state index contributed by atoms with van der Waals surface area (Å²) in [6.45, 7) is 4.94. The maximum absolute atomic E-state index is 12.5. The monoisotopic (exact) mass is 485 g/mol. The van der Waals surface area contributed by atoms with Gasteiger partial charge in [0.2, 0.25) is 0 Å².